The fourth-order valence-corrected chi connectivity index (χ4v) is 1.55. The van der Waals surface area contributed by atoms with Crippen molar-refractivity contribution in [2.45, 2.75) is 7.53 Å². The molecule has 1 aliphatic rings. The van der Waals surface area contributed by atoms with Crippen molar-refractivity contribution < 1.29 is 10.2 Å². The van der Waals surface area contributed by atoms with Gasteiger partial charge in [0.1, 0.15) is 9.37 Å². The van der Waals surface area contributed by atoms with Crippen LogP contribution in [0.15, 0.2) is 24.0 Å². The van der Waals surface area contributed by atoms with Crippen molar-refractivity contribution >= 4 is 45.2 Å². The third-order valence-corrected chi connectivity index (χ3v) is 4.72. The van der Waals surface area contributed by atoms with E-state index < -0.39 is 3.61 Å². The van der Waals surface area contributed by atoms with Crippen LogP contribution >= 0.6 is 45.2 Å². The van der Waals surface area contributed by atoms with Gasteiger partial charge in [0.15, 0.2) is 0 Å². The summed E-state index contributed by atoms with van der Waals surface area (Å²) in [5.74, 6) is 0.223. The van der Waals surface area contributed by atoms with Gasteiger partial charge in [0.05, 0.1) is 3.92 Å². The molecule has 0 aromatic rings. The lowest BCUT2D eigenvalue weighted by atomic mass is 10.1. The van der Waals surface area contributed by atoms with Gasteiger partial charge in [0.2, 0.25) is 0 Å². The summed E-state index contributed by atoms with van der Waals surface area (Å²) < 4.78 is -0.902. The Morgan fingerprint density at radius 3 is 2.60 bits per heavy atom. The molecule has 1 aliphatic carbocycles. The minimum absolute atomic E-state index is 0.0595. The highest BCUT2D eigenvalue weighted by atomic mass is 127. The van der Waals surface area contributed by atoms with E-state index in [0.717, 1.165) is 0 Å². The first kappa shape index (κ1) is 8.79. The zero-order chi connectivity index (χ0) is 7.78. The molecule has 0 saturated heterocycles. The highest BCUT2D eigenvalue weighted by Gasteiger charge is 2.29. The first-order valence-electron chi connectivity index (χ1n) is 2.68. The summed E-state index contributed by atoms with van der Waals surface area (Å²) in [5.41, 5.74) is 0. The maximum Gasteiger partial charge on any atom is 0.149 e. The summed E-state index contributed by atoms with van der Waals surface area (Å²) in [6, 6.07) is 0. The van der Waals surface area contributed by atoms with Gasteiger partial charge in [-0.05, 0) is 40.8 Å². The van der Waals surface area contributed by atoms with Gasteiger partial charge in [-0.2, -0.15) is 0 Å². The van der Waals surface area contributed by atoms with Gasteiger partial charge in [-0.3, -0.25) is 0 Å². The molecule has 0 fully saturated rings. The van der Waals surface area contributed by atoms with Crippen LogP contribution in [-0.4, -0.2) is 17.7 Å². The molecule has 2 N–H and O–H groups in total. The summed E-state index contributed by atoms with van der Waals surface area (Å²) >= 11 is 4.00. The molecule has 0 aliphatic heterocycles. The van der Waals surface area contributed by atoms with Gasteiger partial charge in [0.25, 0.3) is 0 Å². The van der Waals surface area contributed by atoms with Crippen LogP contribution < -0.4 is 0 Å². The van der Waals surface area contributed by atoms with Crippen molar-refractivity contribution in [3.8, 4) is 0 Å². The van der Waals surface area contributed by atoms with Crippen LogP contribution in [0, 0.1) is 0 Å². The number of rotatable bonds is 0. The molecule has 4 heteroatoms. The second-order valence-corrected chi connectivity index (χ2v) is 5.12. The summed E-state index contributed by atoms with van der Waals surface area (Å²) in [6.07, 6.45) is 4.70. The van der Waals surface area contributed by atoms with Crippen LogP contribution in [0.4, 0.5) is 0 Å². The van der Waals surface area contributed by atoms with Gasteiger partial charge < -0.3 is 10.2 Å². The van der Waals surface area contributed by atoms with Crippen LogP contribution in [0.25, 0.3) is 0 Å². The molecule has 0 spiro atoms. The Morgan fingerprint density at radius 2 is 2.20 bits per heavy atom. The van der Waals surface area contributed by atoms with E-state index in [4.69, 9.17) is 5.11 Å². The molecule has 0 aromatic heterocycles. The molecule has 0 heterocycles. The van der Waals surface area contributed by atoms with Crippen LogP contribution in [0.2, 0.25) is 0 Å². The lowest BCUT2D eigenvalue weighted by Gasteiger charge is -2.23. The van der Waals surface area contributed by atoms with Gasteiger partial charge in [-0.15, -0.1) is 0 Å². The molecule has 0 aromatic carbocycles. The number of aliphatic hydroxyl groups excluding tert-OH is 1. The van der Waals surface area contributed by atoms with Crippen molar-refractivity contribution in [1.82, 2.24) is 0 Å². The lowest BCUT2D eigenvalue weighted by molar-refractivity contribution is 0.214. The monoisotopic (exact) mass is 364 g/mol. The van der Waals surface area contributed by atoms with E-state index in [9.17, 15) is 5.11 Å². The zero-order valence-electron chi connectivity index (χ0n) is 4.96. The summed E-state index contributed by atoms with van der Waals surface area (Å²) in [5, 5.41) is 18.5. The molecule has 2 nitrogen and oxygen atoms in total. The molecule has 10 heavy (non-hydrogen) atoms. The van der Waals surface area contributed by atoms with E-state index in [1.165, 1.54) is 6.08 Å². The first-order valence-corrected chi connectivity index (χ1v) is 5.00. The smallest absolute Gasteiger partial charge is 0.149 e. The second kappa shape index (κ2) is 2.98. The van der Waals surface area contributed by atoms with Crippen LogP contribution in [0.5, 0.6) is 0 Å². The molecular weight excluding hydrogens is 358 g/mol. The van der Waals surface area contributed by atoms with Crippen molar-refractivity contribution in [2.24, 2.45) is 0 Å². The van der Waals surface area contributed by atoms with Crippen molar-refractivity contribution in [2.75, 3.05) is 0 Å². The minimum Gasteiger partial charge on any atom is -0.508 e. The fraction of sp³-hybridized carbons (Fsp3) is 0.333. The molecule has 56 valence electrons. The highest BCUT2D eigenvalue weighted by molar-refractivity contribution is 14.1. The molecule has 0 amide bonds. The SMILES string of the molecule is OC1=CC(I)C(O)(I)C=C1. The fourth-order valence-electron chi connectivity index (χ4n) is 0.617. The Hall–Kier alpha value is 0.700. The van der Waals surface area contributed by atoms with E-state index >= 15 is 0 Å². The molecule has 0 saturated carbocycles. The normalized spacial score (nSPS) is 39.5. The topological polar surface area (TPSA) is 40.5 Å². The third-order valence-electron chi connectivity index (χ3n) is 1.19. The number of aliphatic hydroxyl groups is 2. The standard InChI is InChI=1S/C6H6I2O2/c7-5-3-4(9)1-2-6(5,8)10/h1-3,5,9-10H. The third kappa shape index (κ3) is 1.85. The largest absolute Gasteiger partial charge is 0.508 e. The zero-order valence-corrected chi connectivity index (χ0v) is 9.27. The number of halogens is 2. The van der Waals surface area contributed by atoms with E-state index in [1.54, 1.807) is 12.2 Å². The summed E-state index contributed by atoms with van der Waals surface area (Å²) in [4.78, 5) is 0. The Balaban J connectivity index is 2.84. The molecule has 2 unspecified atom stereocenters. The Kier molecular flexibility index (Phi) is 2.62. The summed E-state index contributed by atoms with van der Waals surface area (Å²) in [6.45, 7) is 0. The average Bonchev–Trinajstić information content (AvgIpc) is 1.81. The maximum absolute atomic E-state index is 9.50. The number of hydrogen-bond acceptors (Lipinski definition) is 2. The Morgan fingerprint density at radius 1 is 1.60 bits per heavy atom. The lowest BCUT2D eigenvalue weighted by Crippen LogP contribution is -2.29. The van der Waals surface area contributed by atoms with Crippen molar-refractivity contribution in [3.05, 3.63) is 24.0 Å². The molecule has 0 radical (unpaired) electrons. The second-order valence-electron chi connectivity index (χ2n) is 2.05. The highest BCUT2D eigenvalue weighted by Crippen LogP contribution is 2.32. The molecule has 1 rings (SSSR count). The van der Waals surface area contributed by atoms with E-state index in [-0.39, 0.29) is 9.68 Å². The van der Waals surface area contributed by atoms with Crippen molar-refractivity contribution in [3.63, 3.8) is 0 Å². The van der Waals surface area contributed by atoms with Crippen molar-refractivity contribution in [1.29, 1.82) is 0 Å². The molecule has 2 atom stereocenters. The molecule has 0 bridgehead atoms. The minimum atomic E-state index is -0.843. The van der Waals surface area contributed by atoms with Crippen LogP contribution in [0.1, 0.15) is 0 Å². The predicted octanol–water partition coefficient (Wildman–Crippen LogP) is 1.93. The van der Waals surface area contributed by atoms with E-state index in [1.807, 2.05) is 22.6 Å². The van der Waals surface area contributed by atoms with Gasteiger partial charge in [-0.25, -0.2) is 0 Å². The molecular formula is C6H6I2O2. The van der Waals surface area contributed by atoms with E-state index in [0.29, 0.717) is 0 Å². The van der Waals surface area contributed by atoms with Gasteiger partial charge in [0, 0.05) is 0 Å². The number of alkyl halides is 2. The Bertz CT molecular complexity index is 196. The van der Waals surface area contributed by atoms with Crippen LogP contribution in [0.3, 0.4) is 0 Å². The van der Waals surface area contributed by atoms with E-state index in [2.05, 4.69) is 22.6 Å². The number of allylic oxidation sites excluding steroid dienone is 1. The first-order chi connectivity index (χ1) is 4.52. The van der Waals surface area contributed by atoms with Gasteiger partial charge in [-0.1, -0.05) is 22.6 Å². The maximum atomic E-state index is 9.50. The average molecular weight is 364 g/mol. The summed E-state index contributed by atoms with van der Waals surface area (Å²) in [7, 11) is 0. The quantitative estimate of drug-likeness (QED) is 0.510. The Labute approximate surface area is 86.3 Å². The predicted molar refractivity (Wildman–Crippen MR) is 56.6 cm³/mol. The van der Waals surface area contributed by atoms with Crippen LogP contribution in [-0.2, 0) is 0 Å². The number of hydrogen-bond donors (Lipinski definition) is 2. The van der Waals surface area contributed by atoms with Gasteiger partial charge >= 0.3 is 0 Å².